The minimum atomic E-state index is 0.558. The molecule has 1 aromatic heterocycles. The number of hydrogen-bond donors (Lipinski definition) is 0. The van der Waals surface area contributed by atoms with Crippen molar-refractivity contribution in [1.82, 2.24) is 9.88 Å². The number of pyridine rings is 1. The molecule has 0 amide bonds. The number of aromatic nitrogens is 1. The van der Waals surface area contributed by atoms with E-state index in [2.05, 4.69) is 48.9 Å². The molecular formula is C14H22N2. The molecule has 0 N–H and O–H groups in total. The monoisotopic (exact) mass is 218 g/mol. The van der Waals surface area contributed by atoms with Crippen LogP contribution in [0.25, 0.3) is 0 Å². The van der Waals surface area contributed by atoms with Crippen LogP contribution in [0.1, 0.15) is 44.1 Å². The van der Waals surface area contributed by atoms with Crippen LogP contribution >= 0.6 is 0 Å². The minimum absolute atomic E-state index is 0.558. The summed E-state index contributed by atoms with van der Waals surface area (Å²) in [7, 11) is 0. The fourth-order valence-electron chi connectivity index (χ4n) is 2.60. The fraction of sp³-hybridized carbons (Fsp3) is 0.643. The van der Waals surface area contributed by atoms with Gasteiger partial charge in [-0.3, -0.25) is 9.88 Å². The summed E-state index contributed by atoms with van der Waals surface area (Å²) in [6, 6.07) is 6.94. The summed E-state index contributed by atoms with van der Waals surface area (Å²) in [4.78, 5) is 7.26. The van der Waals surface area contributed by atoms with Crippen LogP contribution in [0.3, 0.4) is 0 Å². The van der Waals surface area contributed by atoms with Crippen molar-refractivity contribution in [2.24, 2.45) is 5.92 Å². The van der Waals surface area contributed by atoms with E-state index in [1.807, 2.05) is 0 Å². The van der Waals surface area contributed by atoms with Crippen LogP contribution < -0.4 is 0 Å². The molecule has 1 fully saturated rings. The molecule has 0 saturated carbocycles. The van der Waals surface area contributed by atoms with Crippen molar-refractivity contribution in [2.75, 3.05) is 13.1 Å². The van der Waals surface area contributed by atoms with E-state index in [1.165, 1.54) is 31.6 Å². The lowest BCUT2D eigenvalue weighted by molar-refractivity contribution is 0.225. The molecule has 1 aromatic rings. The first-order valence-electron chi connectivity index (χ1n) is 6.34. The van der Waals surface area contributed by atoms with Gasteiger partial charge in [0.15, 0.2) is 0 Å². The van der Waals surface area contributed by atoms with E-state index >= 15 is 0 Å². The van der Waals surface area contributed by atoms with Gasteiger partial charge in [0.1, 0.15) is 0 Å². The van der Waals surface area contributed by atoms with E-state index in [4.69, 9.17) is 0 Å². The molecule has 0 aromatic carbocycles. The zero-order valence-electron chi connectivity index (χ0n) is 10.6. The number of rotatable bonds is 3. The number of hydrogen-bond acceptors (Lipinski definition) is 2. The standard InChI is InChI=1S/C14H22N2/c1-11(2)10-16-9-5-8-14(16)13-7-4-6-12(3)15-13/h4,6-7,11,14H,5,8-10H2,1-3H3/t14-/m1/s1. The third kappa shape index (κ3) is 2.62. The number of likely N-dealkylation sites (tertiary alicyclic amines) is 1. The summed E-state index contributed by atoms with van der Waals surface area (Å²) in [5, 5.41) is 0. The third-order valence-corrected chi connectivity index (χ3v) is 3.21. The molecule has 0 bridgehead atoms. The molecule has 0 unspecified atom stereocenters. The Bertz CT molecular complexity index is 346. The highest BCUT2D eigenvalue weighted by atomic mass is 15.2. The first-order chi connectivity index (χ1) is 7.66. The van der Waals surface area contributed by atoms with E-state index in [0.29, 0.717) is 6.04 Å². The summed E-state index contributed by atoms with van der Waals surface area (Å²) in [6.07, 6.45) is 2.58. The quantitative estimate of drug-likeness (QED) is 0.774. The molecular weight excluding hydrogens is 196 g/mol. The average Bonchev–Trinajstić information content (AvgIpc) is 2.65. The first-order valence-corrected chi connectivity index (χ1v) is 6.34. The molecule has 1 saturated heterocycles. The number of aryl methyl sites for hydroxylation is 1. The van der Waals surface area contributed by atoms with Crippen molar-refractivity contribution in [3.8, 4) is 0 Å². The Morgan fingerprint density at radius 3 is 2.94 bits per heavy atom. The molecule has 0 aliphatic carbocycles. The molecule has 88 valence electrons. The van der Waals surface area contributed by atoms with Gasteiger partial charge in [-0.25, -0.2) is 0 Å². The molecule has 16 heavy (non-hydrogen) atoms. The highest BCUT2D eigenvalue weighted by molar-refractivity contribution is 5.14. The van der Waals surface area contributed by atoms with E-state index in [-0.39, 0.29) is 0 Å². The second kappa shape index (κ2) is 4.96. The van der Waals surface area contributed by atoms with Gasteiger partial charge in [-0.1, -0.05) is 19.9 Å². The van der Waals surface area contributed by atoms with Crippen LogP contribution in [0.4, 0.5) is 0 Å². The summed E-state index contributed by atoms with van der Waals surface area (Å²) in [6.45, 7) is 9.09. The van der Waals surface area contributed by atoms with Crippen molar-refractivity contribution in [1.29, 1.82) is 0 Å². The second-order valence-electron chi connectivity index (χ2n) is 5.25. The fourth-order valence-corrected chi connectivity index (χ4v) is 2.60. The van der Waals surface area contributed by atoms with Gasteiger partial charge in [-0.15, -0.1) is 0 Å². The van der Waals surface area contributed by atoms with E-state index in [0.717, 1.165) is 11.6 Å². The molecule has 1 atom stereocenters. The molecule has 2 nitrogen and oxygen atoms in total. The molecule has 0 radical (unpaired) electrons. The van der Waals surface area contributed by atoms with Gasteiger partial charge in [-0.05, 0) is 44.4 Å². The zero-order valence-corrected chi connectivity index (χ0v) is 10.6. The predicted octanol–water partition coefficient (Wildman–Crippen LogP) is 3.18. The Morgan fingerprint density at radius 2 is 2.25 bits per heavy atom. The number of nitrogens with zero attached hydrogens (tertiary/aromatic N) is 2. The molecule has 2 rings (SSSR count). The third-order valence-electron chi connectivity index (χ3n) is 3.21. The van der Waals surface area contributed by atoms with Gasteiger partial charge in [0.25, 0.3) is 0 Å². The lowest BCUT2D eigenvalue weighted by Crippen LogP contribution is -2.27. The lowest BCUT2D eigenvalue weighted by atomic mass is 10.1. The van der Waals surface area contributed by atoms with Gasteiger partial charge in [-0.2, -0.15) is 0 Å². The van der Waals surface area contributed by atoms with Crippen LogP contribution in [-0.2, 0) is 0 Å². The maximum atomic E-state index is 4.67. The second-order valence-corrected chi connectivity index (χ2v) is 5.25. The molecule has 2 heterocycles. The van der Waals surface area contributed by atoms with Crippen molar-refractivity contribution in [2.45, 2.75) is 39.7 Å². The maximum absolute atomic E-state index is 4.67. The predicted molar refractivity (Wildman–Crippen MR) is 67.4 cm³/mol. The highest BCUT2D eigenvalue weighted by Crippen LogP contribution is 2.31. The molecule has 1 aliphatic rings. The largest absolute Gasteiger partial charge is 0.295 e. The summed E-state index contributed by atoms with van der Waals surface area (Å²) >= 11 is 0. The van der Waals surface area contributed by atoms with E-state index in [9.17, 15) is 0 Å². The Labute approximate surface area is 98.7 Å². The van der Waals surface area contributed by atoms with Gasteiger partial charge in [0.2, 0.25) is 0 Å². The normalized spacial score (nSPS) is 21.9. The smallest absolute Gasteiger partial charge is 0.0578 e. The summed E-state index contributed by atoms with van der Waals surface area (Å²) in [5.74, 6) is 0.741. The Hall–Kier alpha value is -0.890. The lowest BCUT2D eigenvalue weighted by Gasteiger charge is -2.25. The Balaban J connectivity index is 2.13. The van der Waals surface area contributed by atoms with Crippen LogP contribution in [0.2, 0.25) is 0 Å². The van der Waals surface area contributed by atoms with E-state index in [1.54, 1.807) is 0 Å². The van der Waals surface area contributed by atoms with Crippen LogP contribution in [-0.4, -0.2) is 23.0 Å². The zero-order chi connectivity index (χ0) is 11.5. The topological polar surface area (TPSA) is 16.1 Å². The van der Waals surface area contributed by atoms with Crippen LogP contribution in [0.15, 0.2) is 18.2 Å². The van der Waals surface area contributed by atoms with Crippen molar-refractivity contribution < 1.29 is 0 Å². The van der Waals surface area contributed by atoms with Gasteiger partial charge < -0.3 is 0 Å². The average molecular weight is 218 g/mol. The van der Waals surface area contributed by atoms with Crippen molar-refractivity contribution in [3.63, 3.8) is 0 Å². The first kappa shape index (κ1) is 11.6. The Kier molecular flexibility index (Phi) is 3.59. The van der Waals surface area contributed by atoms with Crippen LogP contribution in [0.5, 0.6) is 0 Å². The Morgan fingerprint density at radius 1 is 1.44 bits per heavy atom. The van der Waals surface area contributed by atoms with Crippen molar-refractivity contribution >= 4 is 0 Å². The summed E-state index contributed by atoms with van der Waals surface area (Å²) in [5.41, 5.74) is 2.40. The molecule has 0 spiro atoms. The van der Waals surface area contributed by atoms with E-state index < -0.39 is 0 Å². The molecule has 2 heteroatoms. The SMILES string of the molecule is Cc1cccc([C@H]2CCCN2CC(C)C)n1. The maximum Gasteiger partial charge on any atom is 0.0578 e. The molecule has 1 aliphatic heterocycles. The van der Waals surface area contributed by atoms with Crippen molar-refractivity contribution in [3.05, 3.63) is 29.6 Å². The van der Waals surface area contributed by atoms with Gasteiger partial charge >= 0.3 is 0 Å². The van der Waals surface area contributed by atoms with Gasteiger partial charge in [0, 0.05) is 12.2 Å². The van der Waals surface area contributed by atoms with Gasteiger partial charge in [0.05, 0.1) is 11.7 Å². The summed E-state index contributed by atoms with van der Waals surface area (Å²) < 4.78 is 0. The minimum Gasteiger partial charge on any atom is -0.295 e. The highest BCUT2D eigenvalue weighted by Gasteiger charge is 2.27. The van der Waals surface area contributed by atoms with Crippen LogP contribution in [0, 0.1) is 12.8 Å².